The van der Waals surface area contributed by atoms with E-state index in [-0.39, 0.29) is 0 Å². The van der Waals surface area contributed by atoms with Gasteiger partial charge in [-0.25, -0.2) is 0 Å². The summed E-state index contributed by atoms with van der Waals surface area (Å²) in [6.07, 6.45) is 3.97. The average Bonchev–Trinajstić information content (AvgIpc) is 2.62. The molecule has 0 aromatic rings. The first-order valence-electron chi connectivity index (χ1n) is 6.45. The lowest BCUT2D eigenvalue weighted by molar-refractivity contribution is 0.0163. The van der Waals surface area contributed by atoms with Gasteiger partial charge in [0.2, 0.25) is 0 Å². The monoisotopic (exact) mass is 211 g/mol. The van der Waals surface area contributed by atoms with Crippen molar-refractivity contribution in [3.8, 4) is 0 Å². The molecule has 1 spiro atoms. The molecule has 0 unspecified atom stereocenters. The number of nitrogens with zero attached hydrogens (tertiary/aromatic N) is 1. The van der Waals surface area contributed by atoms with Crippen LogP contribution in [0.15, 0.2) is 0 Å². The molecule has 2 rings (SSSR count). The van der Waals surface area contributed by atoms with Crippen molar-refractivity contribution >= 4 is 0 Å². The molecule has 2 heteroatoms. The van der Waals surface area contributed by atoms with Crippen molar-refractivity contribution in [1.82, 2.24) is 4.90 Å². The van der Waals surface area contributed by atoms with Gasteiger partial charge in [-0.1, -0.05) is 13.8 Å². The number of hydrogen-bond donors (Lipinski definition) is 0. The molecule has 0 radical (unpaired) electrons. The van der Waals surface area contributed by atoms with Gasteiger partial charge >= 0.3 is 0 Å². The summed E-state index contributed by atoms with van der Waals surface area (Å²) in [6.45, 7) is 11.6. The molecule has 0 aromatic carbocycles. The Labute approximate surface area is 94.0 Å². The topological polar surface area (TPSA) is 12.5 Å². The van der Waals surface area contributed by atoms with Crippen LogP contribution in [0.4, 0.5) is 0 Å². The molecule has 2 heterocycles. The van der Waals surface area contributed by atoms with Gasteiger partial charge in [-0.05, 0) is 44.1 Å². The Hall–Kier alpha value is -0.0800. The second-order valence-corrected chi connectivity index (χ2v) is 5.82. The van der Waals surface area contributed by atoms with Crippen molar-refractivity contribution in [1.29, 1.82) is 0 Å². The third kappa shape index (κ3) is 2.36. The van der Waals surface area contributed by atoms with Gasteiger partial charge in [0.05, 0.1) is 0 Å². The Morgan fingerprint density at radius 3 is 2.33 bits per heavy atom. The molecule has 2 fully saturated rings. The summed E-state index contributed by atoms with van der Waals surface area (Å²) >= 11 is 0. The highest BCUT2D eigenvalue weighted by molar-refractivity contribution is 4.93. The molecule has 0 saturated carbocycles. The molecule has 1 atom stereocenters. The Bertz CT molecular complexity index is 209. The number of hydrogen-bond acceptors (Lipinski definition) is 2. The fourth-order valence-corrected chi connectivity index (χ4v) is 2.95. The Morgan fingerprint density at radius 2 is 1.73 bits per heavy atom. The number of ether oxygens (including phenoxy) is 1. The van der Waals surface area contributed by atoms with Crippen molar-refractivity contribution in [3.63, 3.8) is 0 Å². The zero-order valence-corrected chi connectivity index (χ0v) is 10.5. The fraction of sp³-hybridized carbons (Fsp3) is 1.00. The summed E-state index contributed by atoms with van der Waals surface area (Å²) in [6, 6.07) is 0.743. The van der Waals surface area contributed by atoms with Crippen LogP contribution >= 0.6 is 0 Å². The Morgan fingerprint density at radius 1 is 1.07 bits per heavy atom. The first kappa shape index (κ1) is 11.4. The maximum atomic E-state index is 5.48. The van der Waals surface area contributed by atoms with E-state index in [0.717, 1.165) is 25.2 Å². The van der Waals surface area contributed by atoms with Crippen molar-refractivity contribution < 1.29 is 4.74 Å². The quantitative estimate of drug-likeness (QED) is 0.696. The van der Waals surface area contributed by atoms with Gasteiger partial charge in [-0.2, -0.15) is 0 Å². The predicted octanol–water partition coefficient (Wildman–Crippen LogP) is 2.53. The molecule has 15 heavy (non-hydrogen) atoms. The highest BCUT2D eigenvalue weighted by atomic mass is 16.5. The van der Waals surface area contributed by atoms with E-state index in [1.54, 1.807) is 0 Å². The molecule has 0 N–H and O–H groups in total. The van der Waals surface area contributed by atoms with E-state index in [0.29, 0.717) is 5.41 Å². The molecule has 2 saturated heterocycles. The van der Waals surface area contributed by atoms with Gasteiger partial charge in [-0.15, -0.1) is 0 Å². The maximum absolute atomic E-state index is 5.48. The van der Waals surface area contributed by atoms with Crippen LogP contribution in [-0.2, 0) is 4.74 Å². The predicted molar refractivity (Wildman–Crippen MR) is 63.0 cm³/mol. The van der Waals surface area contributed by atoms with Crippen molar-refractivity contribution in [2.75, 3.05) is 26.3 Å². The summed E-state index contributed by atoms with van der Waals surface area (Å²) in [5.74, 6) is 0.778. The second-order valence-electron chi connectivity index (χ2n) is 5.82. The van der Waals surface area contributed by atoms with Crippen LogP contribution in [0.2, 0.25) is 0 Å². The van der Waals surface area contributed by atoms with E-state index in [9.17, 15) is 0 Å². The van der Waals surface area contributed by atoms with E-state index in [4.69, 9.17) is 4.74 Å². The molecular formula is C13H25NO. The lowest BCUT2D eigenvalue weighted by Gasteiger charge is -2.35. The molecule has 2 aliphatic heterocycles. The molecule has 0 aliphatic carbocycles. The fourth-order valence-electron chi connectivity index (χ4n) is 2.95. The molecular weight excluding hydrogens is 186 g/mol. The zero-order valence-electron chi connectivity index (χ0n) is 10.5. The average molecular weight is 211 g/mol. The van der Waals surface area contributed by atoms with Crippen LogP contribution in [0.25, 0.3) is 0 Å². The smallest absolute Gasteiger partial charge is 0.0471 e. The van der Waals surface area contributed by atoms with Gasteiger partial charge < -0.3 is 4.74 Å². The lowest BCUT2D eigenvalue weighted by Crippen LogP contribution is -2.38. The van der Waals surface area contributed by atoms with Crippen LogP contribution in [0.5, 0.6) is 0 Å². The van der Waals surface area contributed by atoms with Crippen LogP contribution in [0.3, 0.4) is 0 Å². The third-order valence-electron chi connectivity index (χ3n) is 4.56. The van der Waals surface area contributed by atoms with Crippen molar-refractivity contribution in [2.24, 2.45) is 11.3 Å². The molecule has 2 aliphatic rings. The molecule has 0 amide bonds. The van der Waals surface area contributed by atoms with Gasteiger partial charge in [0.25, 0.3) is 0 Å². The Balaban J connectivity index is 1.93. The minimum atomic E-state index is 0.612. The number of likely N-dealkylation sites (tertiary alicyclic amines) is 1. The summed E-state index contributed by atoms with van der Waals surface area (Å²) in [4.78, 5) is 2.69. The summed E-state index contributed by atoms with van der Waals surface area (Å²) in [7, 11) is 0. The first-order chi connectivity index (χ1) is 7.13. The molecule has 0 aromatic heterocycles. The summed E-state index contributed by atoms with van der Waals surface area (Å²) in [5.41, 5.74) is 0.612. The van der Waals surface area contributed by atoms with Gasteiger partial charge in [0, 0.05) is 25.8 Å². The van der Waals surface area contributed by atoms with Gasteiger partial charge in [0.15, 0.2) is 0 Å². The Kier molecular flexibility index (Phi) is 3.36. The van der Waals surface area contributed by atoms with E-state index < -0.39 is 0 Å². The van der Waals surface area contributed by atoms with Crippen LogP contribution in [-0.4, -0.2) is 37.2 Å². The highest BCUT2D eigenvalue weighted by Gasteiger charge is 2.40. The first-order valence-corrected chi connectivity index (χ1v) is 6.45. The zero-order chi connectivity index (χ0) is 10.9. The van der Waals surface area contributed by atoms with E-state index >= 15 is 0 Å². The normalized spacial score (nSPS) is 28.8. The van der Waals surface area contributed by atoms with Gasteiger partial charge in [0.1, 0.15) is 0 Å². The van der Waals surface area contributed by atoms with Crippen LogP contribution < -0.4 is 0 Å². The SMILES string of the molecule is CC(C)[C@@H](C)N1CCC2(CCOCC2)C1. The van der Waals surface area contributed by atoms with Crippen LogP contribution in [0, 0.1) is 11.3 Å². The second kappa shape index (κ2) is 4.42. The van der Waals surface area contributed by atoms with Crippen molar-refractivity contribution in [2.45, 2.75) is 46.1 Å². The minimum absolute atomic E-state index is 0.612. The van der Waals surface area contributed by atoms with Crippen molar-refractivity contribution in [3.05, 3.63) is 0 Å². The standard InChI is InChI=1S/C13H25NO/c1-11(2)12(3)14-7-4-13(10-14)5-8-15-9-6-13/h11-12H,4-10H2,1-3H3/t12-/m1/s1. The van der Waals surface area contributed by atoms with E-state index in [2.05, 4.69) is 25.7 Å². The minimum Gasteiger partial charge on any atom is -0.381 e. The van der Waals surface area contributed by atoms with E-state index in [1.165, 1.54) is 32.4 Å². The third-order valence-corrected chi connectivity index (χ3v) is 4.56. The summed E-state index contributed by atoms with van der Waals surface area (Å²) < 4.78 is 5.48. The van der Waals surface area contributed by atoms with Gasteiger partial charge in [-0.3, -0.25) is 4.90 Å². The molecule has 0 bridgehead atoms. The molecule has 2 nitrogen and oxygen atoms in total. The molecule has 88 valence electrons. The number of rotatable bonds is 2. The lowest BCUT2D eigenvalue weighted by atomic mass is 9.79. The van der Waals surface area contributed by atoms with Crippen LogP contribution in [0.1, 0.15) is 40.0 Å². The highest BCUT2D eigenvalue weighted by Crippen LogP contribution is 2.40. The van der Waals surface area contributed by atoms with E-state index in [1.807, 2.05) is 0 Å². The summed E-state index contributed by atoms with van der Waals surface area (Å²) in [5, 5.41) is 0. The largest absolute Gasteiger partial charge is 0.381 e. The maximum Gasteiger partial charge on any atom is 0.0471 e.